The molecule has 0 aliphatic rings. The molecule has 0 saturated carbocycles. The van der Waals surface area contributed by atoms with Crippen molar-refractivity contribution < 1.29 is 4.79 Å². The van der Waals surface area contributed by atoms with Crippen molar-refractivity contribution in [2.45, 2.75) is 20.3 Å². The molecule has 0 saturated heterocycles. The van der Waals surface area contributed by atoms with E-state index in [4.69, 9.17) is 11.6 Å². The van der Waals surface area contributed by atoms with Crippen LogP contribution in [0.1, 0.15) is 27.8 Å². The molecule has 0 atom stereocenters. The average molecular weight is 391 g/mol. The Morgan fingerprint density at radius 3 is 2.57 bits per heavy atom. The van der Waals surface area contributed by atoms with Gasteiger partial charge in [0.1, 0.15) is 5.15 Å². The summed E-state index contributed by atoms with van der Waals surface area (Å²) in [6.45, 7) is 4.68. The number of benzene rings is 2. The molecule has 28 heavy (non-hydrogen) atoms. The molecule has 142 valence electrons. The van der Waals surface area contributed by atoms with E-state index in [0.717, 1.165) is 28.7 Å². The van der Waals surface area contributed by atoms with E-state index in [9.17, 15) is 4.79 Å². The van der Waals surface area contributed by atoms with Gasteiger partial charge in [0.05, 0.1) is 0 Å². The summed E-state index contributed by atoms with van der Waals surface area (Å²) in [6, 6.07) is 20.0. The lowest BCUT2D eigenvalue weighted by Gasteiger charge is -2.13. The van der Waals surface area contributed by atoms with Crippen molar-refractivity contribution in [3.8, 4) is 0 Å². The molecule has 3 nitrogen and oxygen atoms in total. The maximum Gasteiger partial charge on any atom is 0.244 e. The Balaban J connectivity index is 1.84. The minimum absolute atomic E-state index is 0.126. The quantitative estimate of drug-likeness (QED) is 0.467. The fourth-order valence-electron chi connectivity index (χ4n) is 3.16. The summed E-state index contributed by atoms with van der Waals surface area (Å²) in [4.78, 5) is 16.7. The van der Waals surface area contributed by atoms with Gasteiger partial charge in [-0.1, -0.05) is 65.7 Å². The van der Waals surface area contributed by atoms with Crippen molar-refractivity contribution in [3.63, 3.8) is 0 Å². The molecule has 3 aromatic rings. The maximum absolute atomic E-state index is 12.6. The van der Waals surface area contributed by atoms with Gasteiger partial charge in [0, 0.05) is 18.8 Å². The largest absolute Gasteiger partial charge is 0.352 e. The number of carbonyl (C=O) groups excluding carboxylic acids is 1. The molecular formula is C24H23ClN2O. The standard InChI is InChI=1S/C24H23ClN2O/c1-17-8-9-21(18(2)14-17)22(20-11-13-26-23(25)15-20)16-24(28)27-12-10-19-6-4-3-5-7-19/h3-9,11,13-16H,10,12H2,1-2H3,(H,27,28)/b22-16+. The molecule has 0 aliphatic carbocycles. The highest BCUT2D eigenvalue weighted by molar-refractivity contribution is 6.29. The number of halogens is 1. The molecule has 0 aliphatic heterocycles. The van der Waals surface area contributed by atoms with E-state index in [-0.39, 0.29) is 5.91 Å². The second kappa shape index (κ2) is 9.34. The van der Waals surface area contributed by atoms with Crippen LogP contribution in [0.3, 0.4) is 0 Å². The first-order valence-corrected chi connectivity index (χ1v) is 9.64. The van der Waals surface area contributed by atoms with Gasteiger partial charge in [-0.2, -0.15) is 0 Å². The predicted molar refractivity (Wildman–Crippen MR) is 115 cm³/mol. The van der Waals surface area contributed by atoms with Crippen molar-refractivity contribution in [1.82, 2.24) is 10.3 Å². The van der Waals surface area contributed by atoms with Gasteiger partial charge in [0.15, 0.2) is 0 Å². The van der Waals surface area contributed by atoms with Crippen molar-refractivity contribution in [2.24, 2.45) is 0 Å². The van der Waals surface area contributed by atoms with E-state index < -0.39 is 0 Å². The molecule has 4 heteroatoms. The van der Waals surface area contributed by atoms with Crippen LogP contribution in [0.2, 0.25) is 5.15 Å². The number of pyridine rings is 1. The number of carbonyl (C=O) groups is 1. The molecule has 3 rings (SSSR count). The summed E-state index contributed by atoms with van der Waals surface area (Å²) in [5, 5.41) is 3.38. The van der Waals surface area contributed by atoms with Gasteiger partial charge in [0.25, 0.3) is 0 Å². The monoisotopic (exact) mass is 390 g/mol. The normalized spacial score (nSPS) is 11.3. The maximum atomic E-state index is 12.6. The van der Waals surface area contributed by atoms with E-state index >= 15 is 0 Å². The smallest absolute Gasteiger partial charge is 0.244 e. The highest BCUT2D eigenvalue weighted by Gasteiger charge is 2.11. The number of nitrogens with zero attached hydrogens (tertiary/aromatic N) is 1. The number of aromatic nitrogens is 1. The zero-order chi connectivity index (χ0) is 19.9. The van der Waals surface area contributed by atoms with Crippen molar-refractivity contribution in [3.05, 3.63) is 106 Å². The van der Waals surface area contributed by atoms with Gasteiger partial charge in [-0.25, -0.2) is 4.98 Å². The van der Waals surface area contributed by atoms with E-state index in [1.54, 1.807) is 18.3 Å². The number of amides is 1. The first-order valence-electron chi connectivity index (χ1n) is 9.26. The Morgan fingerprint density at radius 2 is 1.86 bits per heavy atom. The number of aryl methyl sites for hydroxylation is 2. The number of nitrogens with one attached hydrogen (secondary N) is 1. The SMILES string of the molecule is Cc1ccc(/C(=C/C(=O)NCCc2ccccc2)c2ccnc(Cl)c2)c(C)c1. The molecule has 1 aromatic heterocycles. The van der Waals surface area contributed by atoms with Crippen LogP contribution < -0.4 is 5.32 Å². The van der Waals surface area contributed by atoms with Gasteiger partial charge in [-0.3, -0.25) is 4.79 Å². The van der Waals surface area contributed by atoms with Gasteiger partial charge in [0.2, 0.25) is 5.91 Å². The van der Waals surface area contributed by atoms with Crippen LogP contribution in [0.5, 0.6) is 0 Å². The number of hydrogen-bond acceptors (Lipinski definition) is 2. The van der Waals surface area contributed by atoms with Crippen molar-refractivity contribution in [1.29, 1.82) is 0 Å². The molecule has 1 N–H and O–H groups in total. The zero-order valence-corrected chi connectivity index (χ0v) is 16.8. The fourth-order valence-corrected chi connectivity index (χ4v) is 3.33. The highest BCUT2D eigenvalue weighted by Crippen LogP contribution is 2.27. The van der Waals surface area contributed by atoms with Crippen LogP contribution in [0.25, 0.3) is 5.57 Å². The van der Waals surface area contributed by atoms with E-state index in [1.165, 1.54) is 11.1 Å². The molecule has 1 amide bonds. The lowest BCUT2D eigenvalue weighted by molar-refractivity contribution is -0.116. The predicted octanol–water partition coefficient (Wildman–Crippen LogP) is 5.14. The van der Waals surface area contributed by atoms with Gasteiger partial charge < -0.3 is 5.32 Å². The van der Waals surface area contributed by atoms with Crippen LogP contribution in [0.4, 0.5) is 0 Å². The second-order valence-electron chi connectivity index (χ2n) is 6.77. The van der Waals surface area contributed by atoms with Crippen LogP contribution >= 0.6 is 11.6 Å². The molecule has 0 radical (unpaired) electrons. The Bertz CT molecular complexity index is 996. The third kappa shape index (κ3) is 5.30. The fraction of sp³-hybridized carbons (Fsp3) is 0.167. The Morgan fingerprint density at radius 1 is 1.07 bits per heavy atom. The second-order valence-corrected chi connectivity index (χ2v) is 7.16. The van der Waals surface area contributed by atoms with Crippen LogP contribution in [-0.2, 0) is 11.2 Å². The molecule has 0 spiro atoms. The third-order valence-electron chi connectivity index (χ3n) is 4.54. The Labute approximate surface area is 171 Å². The van der Waals surface area contributed by atoms with Gasteiger partial charge in [-0.05, 0) is 60.2 Å². The molecule has 0 bridgehead atoms. The summed E-state index contributed by atoms with van der Waals surface area (Å²) in [6.07, 6.45) is 4.09. The summed E-state index contributed by atoms with van der Waals surface area (Å²) >= 11 is 6.09. The number of rotatable bonds is 6. The zero-order valence-electron chi connectivity index (χ0n) is 16.1. The van der Waals surface area contributed by atoms with E-state index in [0.29, 0.717) is 11.7 Å². The van der Waals surface area contributed by atoms with E-state index in [1.807, 2.05) is 43.3 Å². The Kier molecular flexibility index (Phi) is 6.62. The summed E-state index contributed by atoms with van der Waals surface area (Å²) in [5.74, 6) is -0.126. The number of hydrogen-bond donors (Lipinski definition) is 1. The molecule has 2 aromatic carbocycles. The molecule has 0 unspecified atom stereocenters. The van der Waals surface area contributed by atoms with Crippen LogP contribution in [-0.4, -0.2) is 17.4 Å². The molecule has 0 fully saturated rings. The lowest BCUT2D eigenvalue weighted by Crippen LogP contribution is -2.24. The first kappa shape index (κ1) is 19.8. The summed E-state index contributed by atoms with van der Waals surface area (Å²) in [5.41, 5.74) is 6.19. The van der Waals surface area contributed by atoms with E-state index in [2.05, 4.69) is 35.4 Å². The minimum atomic E-state index is -0.126. The van der Waals surface area contributed by atoms with Crippen LogP contribution in [0, 0.1) is 13.8 Å². The van der Waals surface area contributed by atoms with Crippen LogP contribution in [0.15, 0.2) is 72.9 Å². The topological polar surface area (TPSA) is 42.0 Å². The molecular weight excluding hydrogens is 368 g/mol. The van der Waals surface area contributed by atoms with Gasteiger partial charge in [-0.15, -0.1) is 0 Å². The average Bonchev–Trinajstić information content (AvgIpc) is 2.67. The molecule has 1 heterocycles. The van der Waals surface area contributed by atoms with Crippen molar-refractivity contribution in [2.75, 3.05) is 6.54 Å². The summed E-state index contributed by atoms with van der Waals surface area (Å²) in [7, 11) is 0. The third-order valence-corrected chi connectivity index (χ3v) is 4.75. The highest BCUT2D eigenvalue weighted by atomic mass is 35.5. The minimum Gasteiger partial charge on any atom is -0.352 e. The Hall–Kier alpha value is -2.91. The summed E-state index contributed by atoms with van der Waals surface area (Å²) < 4.78 is 0. The van der Waals surface area contributed by atoms with Crippen molar-refractivity contribution >= 4 is 23.1 Å². The first-order chi connectivity index (χ1) is 13.5. The van der Waals surface area contributed by atoms with Gasteiger partial charge >= 0.3 is 0 Å². The lowest BCUT2D eigenvalue weighted by atomic mass is 9.93.